The Hall–Kier alpha value is -0.630. The summed E-state index contributed by atoms with van der Waals surface area (Å²) in [4.78, 5) is 0. The molecule has 0 amide bonds. The van der Waals surface area contributed by atoms with Gasteiger partial charge in [0.2, 0.25) is 0 Å². The van der Waals surface area contributed by atoms with Crippen LogP contribution in [0.5, 0.6) is 0 Å². The Morgan fingerprint density at radius 2 is 2.18 bits per heavy atom. The number of sulfone groups is 1. The normalized spacial score (nSPS) is 13.9. The molecule has 0 aromatic carbocycles. The van der Waals surface area contributed by atoms with Gasteiger partial charge in [-0.3, -0.25) is 0 Å². The summed E-state index contributed by atoms with van der Waals surface area (Å²) in [7, 11) is -3.33. The molecule has 11 heavy (non-hydrogen) atoms. The lowest BCUT2D eigenvalue weighted by molar-refractivity contribution is 0.352. The van der Waals surface area contributed by atoms with Crippen LogP contribution in [0, 0.1) is 11.3 Å². The first-order valence-corrected chi connectivity index (χ1v) is 5.01. The highest BCUT2D eigenvalue weighted by molar-refractivity contribution is 7.91. The summed E-state index contributed by atoms with van der Waals surface area (Å²) >= 11 is 0. The zero-order valence-corrected chi connectivity index (χ0v) is 7.07. The molecular weight excluding hydrogens is 169 g/mol. The second-order valence-corrected chi connectivity index (χ2v) is 4.50. The van der Waals surface area contributed by atoms with Crippen LogP contribution >= 0.6 is 0 Å². The van der Waals surface area contributed by atoms with Gasteiger partial charge in [0.05, 0.1) is 18.0 Å². The van der Waals surface area contributed by atoms with Crippen molar-refractivity contribution in [1.29, 1.82) is 5.26 Å². The Kier molecular flexibility index (Phi) is 4.04. The molecule has 0 aromatic rings. The van der Waals surface area contributed by atoms with Gasteiger partial charge in [-0.1, -0.05) is 0 Å². The van der Waals surface area contributed by atoms with E-state index in [9.17, 15) is 12.8 Å². The molecule has 5 heteroatoms. The lowest BCUT2D eigenvalue weighted by atomic mass is 10.3. The standard InChI is InChI=1S/C6H10FNO2S/c1-6(7)2-4-11(9,10)5-3-8/h6H,2,4-5H2,1H3. The van der Waals surface area contributed by atoms with E-state index in [1.807, 2.05) is 0 Å². The molecule has 0 bridgehead atoms. The van der Waals surface area contributed by atoms with Gasteiger partial charge < -0.3 is 0 Å². The molecule has 0 saturated carbocycles. The first-order chi connectivity index (χ1) is 4.98. The molecule has 0 saturated heterocycles. The number of halogens is 1. The SMILES string of the molecule is CC(F)CCS(=O)(=O)CC#N. The summed E-state index contributed by atoms with van der Waals surface area (Å²) in [6.07, 6.45) is -1.15. The molecule has 64 valence electrons. The van der Waals surface area contributed by atoms with Gasteiger partial charge >= 0.3 is 0 Å². The van der Waals surface area contributed by atoms with Gasteiger partial charge in [-0.05, 0) is 13.3 Å². The highest BCUT2D eigenvalue weighted by Gasteiger charge is 2.11. The number of alkyl halides is 1. The lowest BCUT2D eigenvalue weighted by Gasteiger charge is -1.99. The van der Waals surface area contributed by atoms with E-state index < -0.39 is 21.8 Å². The van der Waals surface area contributed by atoms with Crippen molar-refractivity contribution in [2.45, 2.75) is 19.5 Å². The zero-order chi connectivity index (χ0) is 8.91. The van der Waals surface area contributed by atoms with Crippen molar-refractivity contribution in [3.63, 3.8) is 0 Å². The van der Waals surface area contributed by atoms with Crippen LogP contribution < -0.4 is 0 Å². The number of hydrogen-bond donors (Lipinski definition) is 0. The summed E-state index contributed by atoms with van der Waals surface area (Å²) in [6, 6.07) is 1.52. The minimum Gasteiger partial charge on any atom is -0.248 e. The van der Waals surface area contributed by atoms with Gasteiger partial charge in [0.25, 0.3) is 0 Å². The minimum absolute atomic E-state index is 0.0238. The maximum atomic E-state index is 12.1. The fraction of sp³-hybridized carbons (Fsp3) is 0.833. The molecule has 0 rings (SSSR count). The van der Waals surface area contributed by atoms with Crippen molar-refractivity contribution < 1.29 is 12.8 Å². The summed E-state index contributed by atoms with van der Waals surface area (Å²) in [5, 5.41) is 8.04. The van der Waals surface area contributed by atoms with E-state index in [1.165, 1.54) is 13.0 Å². The van der Waals surface area contributed by atoms with Crippen molar-refractivity contribution in [2.24, 2.45) is 0 Å². The smallest absolute Gasteiger partial charge is 0.163 e. The molecule has 0 N–H and O–H groups in total. The maximum Gasteiger partial charge on any atom is 0.163 e. The molecule has 0 heterocycles. The van der Waals surface area contributed by atoms with Crippen molar-refractivity contribution in [3.05, 3.63) is 0 Å². The molecule has 3 nitrogen and oxygen atoms in total. The Morgan fingerprint density at radius 1 is 1.64 bits per heavy atom. The average molecular weight is 179 g/mol. The molecule has 0 aliphatic carbocycles. The van der Waals surface area contributed by atoms with E-state index in [0.29, 0.717) is 0 Å². The fourth-order valence-electron chi connectivity index (χ4n) is 0.512. The molecule has 0 aromatic heterocycles. The average Bonchev–Trinajstić information content (AvgIpc) is 1.84. The Morgan fingerprint density at radius 3 is 2.55 bits per heavy atom. The van der Waals surface area contributed by atoms with Gasteiger partial charge in [-0.15, -0.1) is 0 Å². The number of nitrogens with zero attached hydrogens (tertiary/aromatic N) is 1. The van der Waals surface area contributed by atoms with Gasteiger partial charge in [0.1, 0.15) is 5.75 Å². The Labute approximate surface area is 65.7 Å². The first kappa shape index (κ1) is 10.4. The highest BCUT2D eigenvalue weighted by Crippen LogP contribution is 2.00. The van der Waals surface area contributed by atoms with Gasteiger partial charge in [0, 0.05) is 0 Å². The number of nitriles is 1. The predicted octanol–water partition coefficient (Wildman–Crippen LogP) is 0.673. The summed E-state index contributed by atoms with van der Waals surface area (Å²) in [5.41, 5.74) is 0. The third-order valence-electron chi connectivity index (χ3n) is 1.11. The highest BCUT2D eigenvalue weighted by atomic mass is 32.2. The molecule has 0 spiro atoms. The third kappa shape index (κ3) is 5.80. The van der Waals surface area contributed by atoms with E-state index in [1.54, 1.807) is 0 Å². The monoisotopic (exact) mass is 179 g/mol. The van der Waals surface area contributed by atoms with E-state index in [0.717, 1.165) is 0 Å². The van der Waals surface area contributed by atoms with Crippen molar-refractivity contribution in [2.75, 3.05) is 11.5 Å². The van der Waals surface area contributed by atoms with Gasteiger partial charge in [-0.2, -0.15) is 5.26 Å². The van der Waals surface area contributed by atoms with Crippen molar-refractivity contribution >= 4 is 9.84 Å². The van der Waals surface area contributed by atoms with Gasteiger partial charge in [-0.25, -0.2) is 12.8 Å². The Balaban J connectivity index is 3.87. The van der Waals surface area contributed by atoms with E-state index >= 15 is 0 Å². The van der Waals surface area contributed by atoms with Crippen molar-refractivity contribution in [1.82, 2.24) is 0 Å². The predicted molar refractivity (Wildman–Crippen MR) is 39.5 cm³/mol. The summed E-state index contributed by atoms with van der Waals surface area (Å²) in [6.45, 7) is 1.29. The van der Waals surface area contributed by atoms with E-state index in [2.05, 4.69) is 0 Å². The second-order valence-electron chi connectivity index (χ2n) is 2.32. The van der Waals surface area contributed by atoms with Crippen LogP contribution in [0.3, 0.4) is 0 Å². The van der Waals surface area contributed by atoms with Crippen LogP contribution in [-0.4, -0.2) is 26.1 Å². The third-order valence-corrected chi connectivity index (χ3v) is 2.54. The molecule has 1 unspecified atom stereocenters. The molecule has 0 aliphatic rings. The topological polar surface area (TPSA) is 57.9 Å². The summed E-state index contributed by atoms with van der Waals surface area (Å²) in [5.74, 6) is -0.752. The van der Waals surface area contributed by atoms with E-state index in [-0.39, 0.29) is 12.2 Å². The second kappa shape index (κ2) is 4.29. The van der Waals surface area contributed by atoms with E-state index in [4.69, 9.17) is 5.26 Å². The Bertz CT molecular complexity index is 240. The number of rotatable bonds is 4. The lowest BCUT2D eigenvalue weighted by Crippen LogP contribution is -2.12. The molecule has 0 radical (unpaired) electrons. The van der Waals surface area contributed by atoms with Crippen LogP contribution in [0.15, 0.2) is 0 Å². The first-order valence-electron chi connectivity index (χ1n) is 3.19. The molecule has 0 aliphatic heterocycles. The largest absolute Gasteiger partial charge is 0.248 e. The molecular formula is C6H10FNO2S. The van der Waals surface area contributed by atoms with Gasteiger partial charge in [0.15, 0.2) is 9.84 Å². The number of hydrogen-bond acceptors (Lipinski definition) is 3. The fourth-order valence-corrected chi connectivity index (χ4v) is 1.54. The van der Waals surface area contributed by atoms with Crippen LogP contribution in [0.25, 0.3) is 0 Å². The minimum atomic E-state index is -3.33. The molecule has 1 atom stereocenters. The van der Waals surface area contributed by atoms with Crippen LogP contribution in [0.2, 0.25) is 0 Å². The van der Waals surface area contributed by atoms with Crippen LogP contribution in [0.1, 0.15) is 13.3 Å². The maximum absolute atomic E-state index is 12.1. The summed E-state index contributed by atoms with van der Waals surface area (Å²) < 4.78 is 33.6. The molecule has 0 fully saturated rings. The van der Waals surface area contributed by atoms with Crippen LogP contribution in [-0.2, 0) is 9.84 Å². The quantitative estimate of drug-likeness (QED) is 0.637. The zero-order valence-electron chi connectivity index (χ0n) is 6.25. The van der Waals surface area contributed by atoms with Crippen molar-refractivity contribution in [3.8, 4) is 6.07 Å². The van der Waals surface area contributed by atoms with Crippen LogP contribution in [0.4, 0.5) is 4.39 Å².